The van der Waals surface area contributed by atoms with Crippen molar-refractivity contribution in [2.24, 2.45) is 0 Å². The number of hydrogen-bond donors (Lipinski definition) is 0. The molecular formula is C13H17BO3. The van der Waals surface area contributed by atoms with Gasteiger partial charge in [-0.2, -0.15) is 0 Å². The molecular weight excluding hydrogens is 215 g/mol. The second kappa shape index (κ2) is 5.89. The van der Waals surface area contributed by atoms with Gasteiger partial charge in [-0.25, -0.2) is 0 Å². The van der Waals surface area contributed by atoms with Gasteiger partial charge in [0.1, 0.15) is 18.0 Å². The van der Waals surface area contributed by atoms with Crippen molar-refractivity contribution in [1.29, 1.82) is 0 Å². The minimum Gasteiger partial charge on any atom is -0.490 e. The zero-order chi connectivity index (χ0) is 12.1. The van der Waals surface area contributed by atoms with Gasteiger partial charge in [-0.1, -0.05) is 36.9 Å². The molecule has 1 aromatic rings. The molecule has 4 heteroatoms. The molecule has 3 nitrogen and oxygen atoms in total. The predicted octanol–water partition coefficient (Wildman–Crippen LogP) is 1.44. The van der Waals surface area contributed by atoms with Gasteiger partial charge < -0.3 is 14.1 Å². The Hall–Kier alpha value is -1.26. The zero-order valence-electron chi connectivity index (χ0n) is 10.1. The van der Waals surface area contributed by atoms with Gasteiger partial charge in [-0.15, -0.1) is 0 Å². The normalized spacial score (nSPS) is 23.6. The molecule has 0 amide bonds. The summed E-state index contributed by atoms with van der Waals surface area (Å²) >= 11 is 0. The molecule has 2 rings (SSSR count). The monoisotopic (exact) mass is 232 g/mol. The number of ether oxygens (including phenoxy) is 2. The first kappa shape index (κ1) is 12.2. The van der Waals surface area contributed by atoms with Crippen molar-refractivity contribution in [2.75, 3.05) is 6.61 Å². The molecule has 1 unspecified atom stereocenters. The summed E-state index contributed by atoms with van der Waals surface area (Å²) in [6.07, 6.45) is 0.904. The molecule has 0 aromatic heterocycles. The van der Waals surface area contributed by atoms with E-state index in [-0.39, 0.29) is 12.2 Å². The van der Waals surface area contributed by atoms with E-state index >= 15 is 0 Å². The molecule has 0 radical (unpaired) electrons. The highest BCUT2D eigenvalue weighted by atomic mass is 16.6. The van der Waals surface area contributed by atoms with Crippen molar-refractivity contribution in [3.8, 4) is 0 Å². The summed E-state index contributed by atoms with van der Waals surface area (Å²) in [6, 6.07) is 10.1. The molecule has 1 aliphatic heterocycles. The van der Waals surface area contributed by atoms with Crippen molar-refractivity contribution in [3.05, 3.63) is 48.2 Å². The molecule has 0 N–H and O–H groups in total. The fraction of sp³-hybridized carbons (Fsp3) is 0.385. The smallest absolute Gasteiger partial charge is 0.258 e. The Morgan fingerprint density at radius 3 is 2.76 bits per heavy atom. The lowest BCUT2D eigenvalue weighted by atomic mass is 10.2. The van der Waals surface area contributed by atoms with Crippen LogP contribution in [-0.2, 0) is 20.7 Å². The Labute approximate surface area is 103 Å². The van der Waals surface area contributed by atoms with Crippen LogP contribution in [0.15, 0.2) is 42.7 Å². The van der Waals surface area contributed by atoms with E-state index in [1.807, 2.05) is 30.3 Å². The summed E-state index contributed by atoms with van der Waals surface area (Å²) in [5, 5.41) is 0. The van der Waals surface area contributed by atoms with Crippen LogP contribution in [0.25, 0.3) is 0 Å². The Balaban J connectivity index is 1.72. The number of rotatable bonds is 5. The van der Waals surface area contributed by atoms with Crippen LogP contribution >= 0.6 is 0 Å². The molecule has 0 bridgehead atoms. The maximum atomic E-state index is 5.62. The van der Waals surface area contributed by atoms with Crippen LogP contribution in [-0.4, -0.2) is 26.9 Å². The van der Waals surface area contributed by atoms with Gasteiger partial charge in [0, 0.05) is 6.42 Å². The summed E-state index contributed by atoms with van der Waals surface area (Å²) in [5.41, 5.74) is 1.17. The average Bonchev–Trinajstić information content (AvgIpc) is 2.71. The van der Waals surface area contributed by atoms with Crippen LogP contribution in [0.5, 0.6) is 0 Å². The van der Waals surface area contributed by atoms with Crippen molar-refractivity contribution >= 4 is 8.05 Å². The predicted molar refractivity (Wildman–Crippen MR) is 68.1 cm³/mol. The van der Waals surface area contributed by atoms with Crippen molar-refractivity contribution < 1.29 is 14.1 Å². The van der Waals surface area contributed by atoms with Gasteiger partial charge in [0.15, 0.2) is 0 Å². The zero-order valence-corrected chi connectivity index (χ0v) is 10.1. The van der Waals surface area contributed by atoms with E-state index < -0.39 is 0 Å². The molecule has 1 fully saturated rings. The molecule has 1 aromatic carbocycles. The standard InChI is InChI=1S/C13H17BO3/c1-10-13(17-14)7-12(16-10)9-15-8-11-5-3-2-4-6-11/h2-6,12-13H,1,7-9,14H2/t12?,13-/m1/s1. The third-order valence-corrected chi connectivity index (χ3v) is 2.85. The van der Waals surface area contributed by atoms with Crippen LogP contribution in [0, 0.1) is 0 Å². The Kier molecular flexibility index (Phi) is 4.23. The second-order valence-electron chi connectivity index (χ2n) is 4.17. The van der Waals surface area contributed by atoms with Gasteiger partial charge in [0.05, 0.1) is 13.2 Å². The van der Waals surface area contributed by atoms with Crippen LogP contribution in [0.1, 0.15) is 12.0 Å². The molecule has 1 aliphatic rings. The Morgan fingerprint density at radius 2 is 2.12 bits per heavy atom. The van der Waals surface area contributed by atoms with E-state index in [9.17, 15) is 0 Å². The molecule has 17 heavy (non-hydrogen) atoms. The SMILES string of the molecule is BO[C@@H]1CC(COCc2ccccc2)OC1=C. The number of benzene rings is 1. The van der Waals surface area contributed by atoms with Gasteiger partial charge in [-0.05, 0) is 5.56 Å². The summed E-state index contributed by atoms with van der Waals surface area (Å²) in [6.45, 7) is 5.01. The molecule has 0 aliphatic carbocycles. The first-order chi connectivity index (χ1) is 8.29. The van der Waals surface area contributed by atoms with Gasteiger partial charge >= 0.3 is 0 Å². The second-order valence-corrected chi connectivity index (χ2v) is 4.17. The van der Waals surface area contributed by atoms with Crippen LogP contribution in [0.3, 0.4) is 0 Å². The number of hydrogen-bond acceptors (Lipinski definition) is 3. The van der Waals surface area contributed by atoms with E-state index in [2.05, 4.69) is 6.58 Å². The maximum Gasteiger partial charge on any atom is 0.258 e. The van der Waals surface area contributed by atoms with E-state index in [1.54, 1.807) is 8.05 Å². The van der Waals surface area contributed by atoms with Crippen LogP contribution in [0.2, 0.25) is 0 Å². The average molecular weight is 232 g/mol. The van der Waals surface area contributed by atoms with Gasteiger partial charge in [-0.3, -0.25) is 0 Å². The fourth-order valence-corrected chi connectivity index (χ4v) is 1.92. The lowest BCUT2D eigenvalue weighted by Gasteiger charge is -2.10. The summed E-state index contributed by atoms with van der Waals surface area (Å²) in [7, 11) is 1.67. The molecule has 1 heterocycles. The third kappa shape index (κ3) is 3.35. The first-order valence-electron chi connectivity index (χ1n) is 5.79. The Bertz CT molecular complexity index is 366. The van der Waals surface area contributed by atoms with E-state index in [0.29, 0.717) is 19.0 Å². The van der Waals surface area contributed by atoms with E-state index in [4.69, 9.17) is 14.1 Å². The third-order valence-electron chi connectivity index (χ3n) is 2.85. The minimum atomic E-state index is 0.0142. The lowest BCUT2D eigenvalue weighted by Crippen LogP contribution is -2.15. The van der Waals surface area contributed by atoms with Gasteiger partial charge in [0.25, 0.3) is 8.05 Å². The van der Waals surface area contributed by atoms with Gasteiger partial charge in [0.2, 0.25) is 0 Å². The minimum absolute atomic E-state index is 0.0142. The topological polar surface area (TPSA) is 27.7 Å². The summed E-state index contributed by atoms with van der Waals surface area (Å²) < 4.78 is 16.4. The maximum absolute atomic E-state index is 5.62. The largest absolute Gasteiger partial charge is 0.490 e. The molecule has 1 saturated heterocycles. The highest BCUT2D eigenvalue weighted by molar-refractivity contribution is 5.98. The van der Waals surface area contributed by atoms with Crippen molar-refractivity contribution in [1.82, 2.24) is 0 Å². The van der Waals surface area contributed by atoms with E-state index in [0.717, 1.165) is 6.42 Å². The highest BCUT2D eigenvalue weighted by Crippen LogP contribution is 2.24. The molecule has 90 valence electrons. The van der Waals surface area contributed by atoms with Crippen LogP contribution < -0.4 is 0 Å². The molecule has 2 atom stereocenters. The summed E-state index contributed by atoms with van der Waals surface area (Å²) in [5.74, 6) is 0.709. The van der Waals surface area contributed by atoms with Crippen molar-refractivity contribution in [2.45, 2.75) is 25.2 Å². The first-order valence-corrected chi connectivity index (χ1v) is 5.79. The quantitative estimate of drug-likeness (QED) is 0.719. The molecule has 0 saturated carbocycles. The molecule has 0 spiro atoms. The van der Waals surface area contributed by atoms with Crippen LogP contribution in [0.4, 0.5) is 0 Å². The summed E-state index contributed by atoms with van der Waals surface area (Å²) in [4.78, 5) is 0. The van der Waals surface area contributed by atoms with E-state index in [1.165, 1.54) is 5.56 Å². The lowest BCUT2D eigenvalue weighted by molar-refractivity contribution is 0.0291. The Morgan fingerprint density at radius 1 is 1.35 bits per heavy atom. The highest BCUT2D eigenvalue weighted by Gasteiger charge is 2.29. The van der Waals surface area contributed by atoms with Crippen molar-refractivity contribution in [3.63, 3.8) is 0 Å². The fourth-order valence-electron chi connectivity index (χ4n) is 1.92.